The zero-order valence-corrected chi connectivity index (χ0v) is 16.0. The van der Waals surface area contributed by atoms with Gasteiger partial charge in [0.05, 0.1) is 0 Å². The molecule has 5 rings (SSSR count). The summed E-state index contributed by atoms with van der Waals surface area (Å²) in [4.78, 5) is 29.5. The van der Waals surface area contributed by atoms with Crippen molar-refractivity contribution in [3.8, 4) is 11.5 Å². The van der Waals surface area contributed by atoms with Crippen molar-refractivity contribution < 1.29 is 14.0 Å². The number of fused-ring (bicyclic) bond motifs is 1. The Bertz CT molecular complexity index is 903. The second kappa shape index (κ2) is 6.72. The van der Waals surface area contributed by atoms with Crippen molar-refractivity contribution in [1.29, 1.82) is 0 Å². The Balaban J connectivity index is 1.28. The summed E-state index contributed by atoms with van der Waals surface area (Å²) in [6.45, 7) is 3.20. The standard InChI is InChI=1S/C21H24N4O3/c1-13-22-23-20(28-13)14-2-4-15(5-3-14)21(27)24-11-10-18-16(12-24)6-9-19(26)25(18)17-7-8-17/h2-5,16-18H,6-12H2,1H3. The summed E-state index contributed by atoms with van der Waals surface area (Å²) in [5.41, 5.74) is 1.48. The Morgan fingerprint density at radius 2 is 1.89 bits per heavy atom. The van der Waals surface area contributed by atoms with E-state index in [0.29, 0.717) is 54.2 Å². The van der Waals surface area contributed by atoms with Crippen LogP contribution in [0.25, 0.3) is 11.5 Å². The molecule has 0 bridgehead atoms. The molecule has 0 N–H and O–H groups in total. The lowest BCUT2D eigenvalue weighted by Gasteiger charge is -2.47. The predicted octanol–water partition coefficient (Wildman–Crippen LogP) is 2.66. The van der Waals surface area contributed by atoms with Crippen molar-refractivity contribution in [3.63, 3.8) is 0 Å². The van der Waals surface area contributed by atoms with Gasteiger partial charge in [-0.2, -0.15) is 0 Å². The first-order chi connectivity index (χ1) is 13.6. The third-order valence-electron chi connectivity index (χ3n) is 6.20. The molecule has 7 nitrogen and oxygen atoms in total. The first-order valence-electron chi connectivity index (χ1n) is 10.1. The van der Waals surface area contributed by atoms with Crippen molar-refractivity contribution in [2.45, 2.75) is 51.1 Å². The summed E-state index contributed by atoms with van der Waals surface area (Å²) >= 11 is 0. The molecule has 2 amide bonds. The lowest BCUT2D eigenvalue weighted by Crippen LogP contribution is -2.57. The van der Waals surface area contributed by atoms with Crippen molar-refractivity contribution in [2.24, 2.45) is 5.92 Å². The Kier molecular flexibility index (Phi) is 4.18. The van der Waals surface area contributed by atoms with Crippen LogP contribution in [0.3, 0.4) is 0 Å². The Morgan fingerprint density at radius 1 is 1.11 bits per heavy atom. The van der Waals surface area contributed by atoms with Crippen molar-refractivity contribution in [3.05, 3.63) is 35.7 Å². The molecule has 2 saturated heterocycles. The van der Waals surface area contributed by atoms with E-state index in [4.69, 9.17) is 4.42 Å². The van der Waals surface area contributed by atoms with Gasteiger partial charge in [0.15, 0.2) is 0 Å². The molecule has 1 aromatic carbocycles. The fourth-order valence-corrected chi connectivity index (χ4v) is 4.66. The maximum absolute atomic E-state index is 13.0. The maximum atomic E-state index is 13.0. The first-order valence-corrected chi connectivity index (χ1v) is 10.1. The largest absolute Gasteiger partial charge is 0.421 e. The molecular formula is C21H24N4O3. The summed E-state index contributed by atoms with van der Waals surface area (Å²) in [7, 11) is 0. The molecule has 1 aliphatic carbocycles. The van der Waals surface area contributed by atoms with Crippen LogP contribution in [-0.4, -0.2) is 57.0 Å². The SMILES string of the molecule is Cc1nnc(-c2ccc(C(=O)N3CCC4C(CCC(=O)N4C4CC4)C3)cc2)o1. The minimum Gasteiger partial charge on any atom is -0.421 e. The van der Waals surface area contributed by atoms with E-state index in [1.54, 1.807) is 6.92 Å². The van der Waals surface area contributed by atoms with Gasteiger partial charge in [-0.1, -0.05) is 0 Å². The summed E-state index contributed by atoms with van der Waals surface area (Å²) in [6.07, 6.45) is 4.69. The van der Waals surface area contributed by atoms with Crippen LogP contribution in [0.15, 0.2) is 28.7 Å². The number of benzene rings is 1. The van der Waals surface area contributed by atoms with Crippen LogP contribution in [0.5, 0.6) is 0 Å². The van der Waals surface area contributed by atoms with Crippen molar-refractivity contribution in [2.75, 3.05) is 13.1 Å². The average molecular weight is 380 g/mol. The van der Waals surface area contributed by atoms with Crippen LogP contribution in [0.4, 0.5) is 0 Å². The molecule has 2 unspecified atom stereocenters. The first kappa shape index (κ1) is 17.4. The number of nitrogens with zero attached hydrogens (tertiary/aromatic N) is 4. The lowest BCUT2D eigenvalue weighted by atomic mass is 9.83. The number of aryl methyl sites for hydroxylation is 1. The minimum atomic E-state index is 0.0570. The highest BCUT2D eigenvalue weighted by Crippen LogP contribution is 2.39. The predicted molar refractivity (Wildman–Crippen MR) is 101 cm³/mol. The molecule has 0 spiro atoms. The van der Waals surface area contributed by atoms with Gasteiger partial charge in [0.2, 0.25) is 17.7 Å². The summed E-state index contributed by atoms with van der Waals surface area (Å²) < 4.78 is 5.44. The van der Waals surface area contributed by atoms with Gasteiger partial charge in [-0.3, -0.25) is 9.59 Å². The normalized spacial score (nSPS) is 25.0. The number of carbonyl (C=O) groups is 2. The average Bonchev–Trinajstić information content (AvgIpc) is 3.46. The third-order valence-corrected chi connectivity index (χ3v) is 6.20. The summed E-state index contributed by atoms with van der Waals surface area (Å²) in [5.74, 6) is 1.75. The van der Waals surface area contributed by atoms with E-state index in [-0.39, 0.29) is 5.91 Å². The fourth-order valence-electron chi connectivity index (χ4n) is 4.66. The quantitative estimate of drug-likeness (QED) is 0.818. The molecule has 146 valence electrons. The number of likely N-dealkylation sites (tertiary alicyclic amines) is 2. The summed E-state index contributed by atoms with van der Waals surface area (Å²) in [6, 6.07) is 8.13. The van der Waals surface area contributed by atoms with E-state index in [1.807, 2.05) is 29.2 Å². The molecule has 28 heavy (non-hydrogen) atoms. The monoisotopic (exact) mass is 380 g/mol. The topological polar surface area (TPSA) is 79.5 Å². The number of rotatable bonds is 3. The number of hydrogen-bond donors (Lipinski definition) is 0. The van der Waals surface area contributed by atoms with Crippen LogP contribution < -0.4 is 0 Å². The van der Waals surface area contributed by atoms with Crippen molar-refractivity contribution in [1.82, 2.24) is 20.0 Å². The van der Waals surface area contributed by atoms with Crippen LogP contribution in [0.2, 0.25) is 0 Å². The summed E-state index contributed by atoms with van der Waals surface area (Å²) in [5, 5.41) is 7.85. The smallest absolute Gasteiger partial charge is 0.253 e. The van der Waals surface area contributed by atoms with Crippen LogP contribution in [0.1, 0.15) is 48.4 Å². The third kappa shape index (κ3) is 3.08. The highest BCUT2D eigenvalue weighted by Gasteiger charge is 2.45. The molecule has 1 saturated carbocycles. The van der Waals surface area contributed by atoms with Crippen LogP contribution in [0, 0.1) is 12.8 Å². The number of aromatic nitrogens is 2. The van der Waals surface area contributed by atoms with Gasteiger partial charge in [-0.05, 0) is 55.9 Å². The fraction of sp³-hybridized carbons (Fsp3) is 0.524. The molecule has 0 radical (unpaired) electrons. The molecule has 2 aliphatic heterocycles. The van der Waals surface area contributed by atoms with Gasteiger partial charge in [-0.25, -0.2) is 0 Å². The second-order valence-corrected chi connectivity index (χ2v) is 8.14. The highest BCUT2D eigenvalue weighted by atomic mass is 16.4. The molecule has 7 heteroatoms. The molecule has 2 aromatic rings. The van der Waals surface area contributed by atoms with E-state index < -0.39 is 0 Å². The van der Waals surface area contributed by atoms with Crippen LogP contribution >= 0.6 is 0 Å². The second-order valence-electron chi connectivity index (χ2n) is 8.14. The molecule has 3 heterocycles. The van der Waals surface area contributed by atoms with Gasteiger partial charge in [0.1, 0.15) is 0 Å². The Labute approximate surface area is 163 Å². The molecule has 3 aliphatic rings. The molecule has 2 atom stereocenters. The van der Waals surface area contributed by atoms with Gasteiger partial charge in [0, 0.05) is 49.6 Å². The molecular weight excluding hydrogens is 356 g/mol. The minimum absolute atomic E-state index is 0.0570. The lowest BCUT2D eigenvalue weighted by molar-refractivity contribution is -0.141. The van der Waals surface area contributed by atoms with E-state index in [0.717, 1.165) is 37.8 Å². The zero-order valence-electron chi connectivity index (χ0n) is 16.0. The molecule has 1 aromatic heterocycles. The number of carbonyl (C=O) groups excluding carboxylic acids is 2. The highest BCUT2D eigenvalue weighted by molar-refractivity contribution is 5.94. The van der Waals surface area contributed by atoms with Crippen molar-refractivity contribution >= 4 is 11.8 Å². The van der Waals surface area contributed by atoms with Gasteiger partial charge in [0.25, 0.3) is 5.91 Å². The number of amides is 2. The molecule has 3 fully saturated rings. The maximum Gasteiger partial charge on any atom is 0.253 e. The Hall–Kier alpha value is -2.70. The van der Waals surface area contributed by atoms with Gasteiger partial charge < -0.3 is 14.2 Å². The Morgan fingerprint density at radius 3 is 2.57 bits per heavy atom. The van der Waals surface area contributed by atoms with E-state index in [1.165, 1.54) is 0 Å². The van der Waals surface area contributed by atoms with E-state index in [2.05, 4.69) is 15.1 Å². The van der Waals surface area contributed by atoms with Gasteiger partial charge in [-0.15, -0.1) is 10.2 Å². The number of hydrogen-bond acceptors (Lipinski definition) is 5. The zero-order chi connectivity index (χ0) is 19.3. The van der Waals surface area contributed by atoms with E-state index in [9.17, 15) is 9.59 Å². The number of piperidine rings is 2. The van der Waals surface area contributed by atoms with Crippen LogP contribution in [-0.2, 0) is 4.79 Å². The van der Waals surface area contributed by atoms with Gasteiger partial charge >= 0.3 is 0 Å². The van der Waals surface area contributed by atoms with E-state index >= 15 is 0 Å².